The maximum absolute atomic E-state index is 9.80. The van der Waals surface area contributed by atoms with E-state index >= 15 is 0 Å². The second-order valence-corrected chi connectivity index (χ2v) is 5.96. The van der Waals surface area contributed by atoms with Gasteiger partial charge in [0.05, 0.1) is 0 Å². The first-order valence-electron chi connectivity index (χ1n) is 6.02. The molecule has 1 radical (unpaired) electrons. The van der Waals surface area contributed by atoms with Crippen LogP contribution in [0, 0.1) is 0 Å². The summed E-state index contributed by atoms with van der Waals surface area (Å²) in [7, 11) is -1.29. The van der Waals surface area contributed by atoms with Gasteiger partial charge in [-0.05, 0) is 22.4 Å². The molecule has 0 bridgehead atoms. The molecule has 17 heavy (non-hydrogen) atoms. The van der Waals surface area contributed by atoms with Gasteiger partial charge in [-0.3, -0.25) is 0 Å². The molecular formula is C15H17OSi. The molecule has 2 heteroatoms. The lowest BCUT2D eigenvalue weighted by Gasteiger charge is -2.03. The van der Waals surface area contributed by atoms with Gasteiger partial charge in [0.15, 0.2) is 0 Å². The van der Waals surface area contributed by atoms with Crippen LogP contribution in [-0.4, -0.2) is 13.8 Å². The minimum atomic E-state index is -1.29. The summed E-state index contributed by atoms with van der Waals surface area (Å²) < 4.78 is 0. The van der Waals surface area contributed by atoms with Gasteiger partial charge < -0.3 is 4.80 Å². The summed E-state index contributed by atoms with van der Waals surface area (Å²) >= 11 is 0. The predicted molar refractivity (Wildman–Crippen MR) is 76.1 cm³/mol. The molecule has 1 nitrogen and oxygen atoms in total. The van der Waals surface area contributed by atoms with E-state index in [9.17, 15) is 4.80 Å². The van der Waals surface area contributed by atoms with Crippen LogP contribution >= 0.6 is 0 Å². The van der Waals surface area contributed by atoms with Crippen LogP contribution in [-0.2, 0) is 0 Å². The van der Waals surface area contributed by atoms with Crippen LogP contribution in [0.2, 0.25) is 6.04 Å². The summed E-state index contributed by atoms with van der Waals surface area (Å²) in [6.45, 7) is 2.10. The Kier molecular flexibility index (Phi) is 4.12. The van der Waals surface area contributed by atoms with Crippen LogP contribution in [0.15, 0.2) is 48.2 Å². The fraction of sp³-hybridized carbons (Fsp3) is 0.200. The van der Waals surface area contributed by atoms with Crippen LogP contribution in [0.4, 0.5) is 0 Å². The van der Waals surface area contributed by atoms with Crippen molar-refractivity contribution in [2.24, 2.45) is 0 Å². The zero-order valence-electron chi connectivity index (χ0n) is 10.1. The second kappa shape index (κ2) is 5.80. The lowest BCUT2D eigenvalue weighted by molar-refractivity contribution is 0.580. The zero-order valence-corrected chi connectivity index (χ0v) is 11.1. The van der Waals surface area contributed by atoms with Gasteiger partial charge in [0.2, 0.25) is 9.04 Å². The van der Waals surface area contributed by atoms with Gasteiger partial charge in [-0.2, -0.15) is 0 Å². The van der Waals surface area contributed by atoms with Crippen molar-refractivity contribution in [2.45, 2.75) is 19.4 Å². The summed E-state index contributed by atoms with van der Waals surface area (Å²) in [5, 5.41) is 2.49. The lowest BCUT2D eigenvalue weighted by atomic mass is 10.1. The molecule has 0 aliphatic rings. The lowest BCUT2D eigenvalue weighted by Crippen LogP contribution is -2.06. The molecule has 0 aliphatic carbocycles. The van der Waals surface area contributed by atoms with Crippen molar-refractivity contribution in [1.29, 1.82) is 0 Å². The topological polar surface area (TPSA) is 20.2 Å². The van der Waals surface area contributed by atoms with E-state index in [0.29, 0.717) is 0 Å². The Morgan fingerprint density at radius 1 is 1.12 bits per heavy atom. The molecule has 87 valence electrons. The Balaban J connectivity index is 2.30. The van der Waals surface area contributed by atoms with Gasteiger partial charge in [-0.25, -0.2) is 0 Å². The molecular weight excluding hydrogens is 224 g/mol. The van der Waals surface area contributed by atoms with Crippen LogP contribution in [0.3, 0.4) is 0 Å². The van der Waals surface area contributed by atoms with E-state index in [1.54, 1.807) is 0 Å². The van der Waals surface area contributed by atoms with Crippen LogP contribution in [0.1, 0.15) is 18.9 Å². The Morgan fingerprint density at radius 2 is 1.88 bits per heavy atom. The molecule has 0 unspecified atom stereocenters. The van der Waals surface area contributed by atoms with E-state index in [1.165, 1.54) is 16.3 Å². The molecule has 2 rings (SSSR count). The first-order chi connectivity index (χ1) is 8.31. The molecule has 0 fully saturated rings. The largest absolute Gasteiger partial charge is 0.428 e. The number of fused-ring (bicyclic) bond motifs is 1. The molecule has 0 amide bonds. The van der Waals surface area contributed by atoms with Gasteiger partial charge in [-0.1, -0.05) is 67.6 Å². The van der Waals surface area contributed by atoms with E-state index < -0.39 is 9.04 Å². The minimum absolute atomic E-state index is 0.923. The number of hydrogen-bond donors (Lipinski definition) is 1. The van der Waals surface area contributed by atoms with Gasteiger partial charge in [0, 0.05) is 0 Å². The van der Waals surface area contributed by atoms with E-state index in [-0.39, 0.29) is 0 Å². The van der Waals surface area contributed by atoms with Gasteiger partial charge in [0.25, 0.3) is 0 Å². The number of hydrogen-bond acceptors (Lipinski definition) is 1. The van der Waals surface area contributed by atoms with E-state index in [1.807, 2.05) is 11.8 Å². The first-order valence-corrected chi connectivity index (χ1v) is 7.75. The Hall–Kier alpha value is -1.38. The molecule has 0 spiro atoms. The summed E-state index contributed by atoms with van der Waals surface area (Å²) in [4.78, 5) is 9.80. The first kappa shape index (κ1) is 12.1. The number of benzene rings is 2. The molecule has 2 aromatic carbocycles. The molecule has 0 saturated carbocycles. The molecule has 2 aromatic rings. The fourth-order valence-corrected chi connectivity index (χ4v) is 2.97. The summed E-state index contributed by atoms with van der Waals surface area (Å²) in [5.74, 6) is 0. The van der Waals surface area contributed by atoms with Gasteiger partial charge in [-0.15, -0.1) is 0 Å². The monoisotopic (exact) mass is 241 g/mol. The maximum Gasteiger partial charge on any atom is 0.235 e. The van der Waals surface area contributed by atoms with Gasteiger partial charge >= 0.3 is 0 Å². The fourth-order valence-electron chi connectivity index (χ4n) is 1.92. The quantitative estimate of drug-likeness (QED) is 0.808. The molecule has 0 heterocycles. The summed E-state index contributed by atoms with van der Waals surface area (Å²) in [6.07, 6.45) is 3.11. The normalized spacial score (nSPS) is 11.7. The van der Waals surface area contributed by atoms with E-state index in [4.69, 9.17) is 0 Å². The van der Waals surface area contributed by atoms with Crippen molar-refractivity contribution in [2.75, 3.05) is 0 Å². The van der Waals surface area contributed by atoms with Gasteiger partial charge in [0.1, 0.15) is 0 Å². The van der Waals surface area contributed by atoms with Crippen molar-refractivity contribution in [3.63, 3.8) is 0 Å². The third-order valence-electron chi connectivity index (χ3n) is 2.78. The Bertz CT molecular complexity index is 514. The third-order valence-corrected chi connectivity index (χ3v) is 4.35. The van der Waals surface area contributed by atoms with E-state index in [2.05, 4.69) is 49.4 Å². The Morgan fingerprint density at radius 3 is 2.71 bits per heavy atom. The van der Waals surface area contributed by atoms with E-state index in [0.717, 1.165) is 12.5 Å². The van der Waals surface area contributed by atoms with Crippen molar-refractivity contribution >= 4 is 25.9 Å². The van der Waals surface area contributed by atoms with Crippen molar-refractivity contribution in [1.82, 2.24) is 0 Å². The second-order valence-electron chi connectivity index (χ2n) is 4.14. The smallest absolute Gasteiger partial charge is 0.235 e. The van der Waals surface area contributed by atoms with Crippen LogP contribution < -0.4 is 0 Å². The van der Waals surface area contributed by atoms with Crippen LogP contribution in [0.25, 0.3) is 16.8 Å². The summed E-state index contributed by atoms with van der Waals surface area (Å²) in [5.41, 5.74) is 3.17. The predicted octanol–water partition coefficient (Wildman–Crippen LogP) is 3.79. The van der Waals surface area contributed by atoms with Crippen molar-refractivity contribution < 1.29 is 4.80 Å². The molecule has 0 saturated heterocycles. The average molecular weight is 241 g/mol. The third kappa shape index (κ3) is 3.05. The highest BCUT2D eigenvalue weighted by molar-refractivity contribution is 6.57. The molecule has 1 N–H and O–H groups in total. The molecule has 0 atom stereocenters. The number of rotatable bonds is 4. The highest BCUT2D eigenvalue weighted by Gasteiger charge is 2.02. The zero-order chi connectivity index (χ0) is 12.1. The maximum atomic E-state index is 9.80. The SMILES string of the molecule is CCC[Si](O)C=Cc1cccc2ccccc12. The molecule has 0 aromatic heterocycles. The minimum Gasteiger partial charge on any atom is -0.428 e. The molecule has 0 aliphatic heterocycles. The van der Waals surface area contributed by atoms with Crippen molar-refractivity contribution in [3.05, 3.63) is 53.7 Å². The highest BCUT2D eigenvalue weighted by atomic mass is 28.3. The average Bonchev–Trinajstić information content (AvgIpc) is 2.36. The highest BCUT2D eigenvalue weighted by Crippen LogP contribution is 2.19. The standard InChI is InChI=1S/C15H17OSi/c1-2-11-17(16)12-10-14-8-5-7-13-6-3-4-9-15(13)14/h3-10,12,16H,2,11H2,1H3. The summed E-state index contributed by atoms with van der Waals surface area (Å²) in [6, 6.07) is 15.5. The van der Waals surface area contributed by atoms with Crippen LogP contribution in [0.5, 0.6) is 0 Å². The Labute approximate surface area is 104 Å². The van der Waals surface area contributed by atoms with Crippen molar-refractivity contribution in [3.8, 4) is 0 Å².